The summed E-state index contributed by atoms with van der Waals surface area (Å²) >= 11 is 1.40. The summed E-state index contributed by atoms with van der Waals surface area (Å²) in [6.45, 7) is 2.05. The third-order valence-electron chi connectivity index (χ3n) is 2.71. The number of nitrogen functional groups attached to an aromatic ring is 1. The summed E-state index contributed by atoms with van der Waals surface area (Å²) < 4.78 is 6.15. The minimum Gasteiger partial charge on any atom is -0.494 e. The first-order valence-electron chi connectivity index (χ1n) is 6.18. The molecular formula is C13H17N3O2S. The molecule has 2 rings (SSSR count). The number of unbranched alkanes of at least 4 members (excludes halogenated alkanes) is 1. The van der Waals surface area contributed by atoms with E-state index < -0.39 is 0 Å². The maximum absolute atomic E-state index is 11.7. The number of nitrogens with zero attached hydrogens (tertiary/aromatic N) is 1. The van der Waals surface area contributed by atoms with E-state index in [1.807, 2.05) is 6.07 Å². The lowest BCUT2D eigenvalue weighted by atomic mass is 10.2. The Balaban J connectivity index is 2.24. The van der Waals surface area contributed by atoms with Crippen LogP contribution in [0.1, 0.15) is 26.2 Å². The van der Waals surface area contributed by atoms with Crippen LogP contribution < -0.4 is 15.8 Å². The molecule has 0 radical (unpaired) electrons. The van der Waals surface area contributed by atoms with Crippen LogP contribution in [0.3, 0.4) is 0 Å². The Morgan fingerprint density at radius 1 is 1.53 bits per heavy atom. The molecule has 0 atom stereocenters. The lowest BCUT2D eigenvalue weighted by Crippen LogP contribution is -2.10. The van der Waals surface area contributed by atoms with Gasteiger partial charge in [-0.05, 0) is 12.5 Å². The minimum absolute atomic E-state index is 0.00663. The van der Waals surface area contributed by atoms with Gasteiger partial charge in [-0.25, -0.2) is 4.98 Å². The molecule has 0 aliphatic carbocycles. The number of methoxy groups -OCH3 is 1. The third-order valence-corrected chi connectivity index (χ3v) is 3.62. The van der Waals surface area contributed by atoms with E-state index in [-0.39, 0.29) is 5.91 Å². The van der Waals surface area contributed by atoms with Crippen LogP contribution in [-0.4, -0.2) is 18.0 Å². The van der Waals surface area contributed by atoms with Crippen LogP contribution >= 0.6 is 11.3 Å². The number of nitrogens with two attached hydrogens (primary N) is 1. The fraction of sp³-hybridized carbons (Fsp3) is 0.385. The van der Waals surface area contributed by atoms with Crippen molar-refractivity contribution >= 4 is 38.3 Å². The molecule has 19 heavy (non-hydrogen) atoms. The van der Waals surface area contributed by atoms with Crippen molar-refractivity contribution in [2.45, 2.75) is 26.2 Å². The van der Waals surface area contributed by atoms with Crippen LogP contribution in [0, 0.1) is 0 Å². The van der Waals surface area contributed by atoms with Gasteiger partial charge in [0.05, 0.1) is 11.8 Å². The normalized spacial score (nSPS) is 10.6. The lowest BCUT2D eigenvalue weighted by molar-refractivity contribution is -0.116. The Labute approximate surface area is 115 Å². The minimum atomic E-state index is -0.00663. The van der Waals surface area contributed by atoms with Crippen LogP contribution in [0.4, 0.5) is 10.8 Å². The van der Waals surface area contributed by atoms with Gasteiger partial charge in [0, 0.05) is 18.2 Å². The molecule has 0 saturated carbocycles. The number of anilines is 2. The number of hydrogen-bond donors (Lipinski definition) is 2. The van der Waals surface area contributed by atoms with Crippen molar-refractivity contribution in [3.63, 3.8) is 0 Å². The molecule has 0 unspecified atom stereocenters. The standard InChI is InChI=1S/C13H17N3O2S/c1-3-4-5-11(17)15-13-16-12-9(18-2)6-8(14)7-10(12)19-13/h6-7H,3-5,14H2,1-2H3,(H,15,16,17). The zero-order valence-electron chi connectivity index (χ0n) is 11.0. The van der Waals surface area contributed by atoms with Gasteiger partial charge in [-0.15, -0.1) is 0 Å². The predicted octanol–water partition coefficient (Wildman–Crippen LogP) is 3.02. The number of carbonyl (C=O) groups excluding carboxylic acids is 1. The highest BCUT2D eigenvalue weighted by Gasteiger charge is 2.11. The average Bonchev–Trinajstić information content (AvgIpc) is 2.77. The molecule has 1 amide bonds. The fourth-order valence-electron chi connectivity index (χ4n) is 1.75. The number of carbonyl (C=O) groups is 1. The summed E-state index contributed by atoms with van der Waals surface area (Å²) in [6, 6.07) is 3.56. The van der Waals surface area contributed by atoms with Crippen molar-refractivity contribution in [3.05, 3.63) is 12.1 Å². The summed E-state index contributed by atoms with van der Waals surface area (Å²) in [5.41, 5.74) is 7.14. The van der Waals surface area contributed by atoms with Crippen molar-refractivity contribution in [3.8, 4) is 5.75 Å². The number of hydrogen-bond acceptors (Lipinski definition) is 5. The van der Waals surface area contributed by atoms with E-state index in [4.69, 9.17) is 10.5 Å². The number of thiazole rings is 1. The number of amides is 1. The highest BCUT2D eigenvalue weighted by atomic mass is 32.1. The fourth-order valence-corrected chi connectivity index (χ4v) is 2.70. The summed E-state index contributed by atoms with van der Waals surface area (Å²) in [6.07, 6.45) is 2.40. The maximum atomic E-state index is 11.7. The van der Waals surface area contributed by atoms with Gasteiger partial charge in [-0.2, -0.15) is 0 Å². The molecule has 1 aromatic carbocycles. The second-order valence-corrected chi connectivity index (χ2v) is 5.27. The SMILES string of the molecule is CCCCC(=O)Nc1nc2c(OC)cc(N)cc2s1. The Morgan fingerprint density at radius 2 is 2.32 bits per heavy atom. The second kappa shape index (κ2) is 5.88. The van der Waals surface area contributed by atoms with E-state index in [2.05, 4.69) is 17.2 Å². The van der Waals surface area contributed by atoms with Crippen molar-refractivity contribution in [1.82, 2.24) is 4.98 Å². The monoisotopic (exact) mass is 279 g/mol. The molecule has 1 aromatic heterocycles. The number of ether oxygens (including phenoxy) is 1. The molecule has 5 nitrogen and oxygen atoms in total. The smallest absolute Gasteiger partial charge is 0.226 e. The van der Waals surface area contributed by atoms with Crippen LogP contribution in [-0.2, 0) is 4.79 Å². The van der Waals surface area contributed by atoms with Crippen LogP contribution in [0.15, 0.2) is 12.1 Å². The molecule has 0 bridgehead atoms. The molecule has 102 valence electrons. The Morgan fingerprint density at radius 3 is 3.00 bits per heavy atom. The first-order valence-corrected chi connectivity index (χ1v) is 6.99. The average molecular weight is 279 g/mol. The maximum Gasteiger partial charge on any atom is 0.226 e. The van der Waals surface area contributed by atoms with Gasteiger partial charge in [-0.3, -0.25) is 4.79 Å². The van der Waals surface area contributed by atoms with Gasteiger partial charge in [0.1, 0.15) is 11.3 Å². The largest absolute Gasteiger partial charge is 0.494 e. The van der Waals surface area contributed by atoms with Crippen LogP contribution in [0.2, 0.25) is 0 Å². The topological polar surface area (TPSA) is 77.2 Å². The van der Waals surface area contributed by atoms with E-state index in [9.17, 15) is 4.79 Å². The van der Waals surface area contributed by atoms with Crippen molar-refractivity contribution in [2.24, 2.45) is 0 Å². The molecule has 0 saturated heterocycles. The quantitative estimate of drug-likeness (QED) is 0.825. The third kappa shape index (κ3) is 3.14. The van der Waals surface area contributed by atoms with Crippen molar-refractivity contribution < 1.29 is 9.53 Å². The van der Waals surface area contributed by atoms with Gasteiger partial charge >= 0.3 is 0 Å². The van der Waals surface area contributed by atoms with E-state index in [0.29, 0.717) is 23.0 Å². The van der Waals surface area contributed by atoms with E-state index in [0.717, 1.165) is 23.1 Å². The van der Waals surface area contributed by atoms with Crippen molar-refractivity contribution in [1.29, 1.82) is 0 Å². The predicted molar refractivity (Wildman–Crippen MR) is 78.7 cm³/mol. The molecule has 3 N–H and O–H groups in total. The van der Waals surface area contributed by atoms with Gasteiger partial charge in [0.15, 0.2) is 5.13 Å². The first kappa shape index (κ1) is 13.6. The first-order chi connectivity index (χ1) is 9.13. The zero-order valence-corrected chi connectivity index (χ0v) is 11.8. The summed E-state index contributed by atoms with van der Waals surface area (Å²) in [5, 5.41) is 3.39. The summed E-state index contributed by atoms with van der Waals surface area (Å²) in [7, 11) is 1.58. The Bertz CT molecular complexity index is 595. The van der Waals surface area contributed by atoms with Gasteiger partial charge in [0.2, 0.25) is 5.91 Å². The molecule has 6 heteroatoms. The van der Waals surface area contributed by atoms with Crippen LogP contribution in [0.25, 0.3) is 10.2 Å². The summed E-state index contributed by atoms with van der Waals surface area (Å²) in [4.78, 5) is 16.0. The Hall–Kier alpha value is -1.82. The molecular weight excluding hydrogens is 262 g/mol. The Kier molecular flexibility index (Phi) is 4.21. The molecule has 0 aliphatic heterocycles. The van der Waals surface area contributed by atoms with Crippen LogP contribution in [0.5, 0.6) is 5.75 Å². The second-order valence-electron chi connectivity index (χ2n) is 4.24. The number of rotatable bonds is 5. The van der Waals surface area contributed by atoms with Gasteiger partial charge < -0.3 is 15.8 Å². The highest BCUT2D eigenvalue weighted by Crippen LogP contribution is 2.34. The van der Waals surface area contributed by atoms with E-state index in [1.54, 1.807) is 13.2 Å². The van der Waals surface area contributed by atoms with Gasteiger partial charge in [-0.1, -0.05) is 24.7 Å². The number of aromatic nitrogens is 1. The number of fused-ring (bicyclic) bond motifs is 1. The molecule has 0 fully saturated rings. The number of nitrogens with one attached hydrogen (secondary N) is 1. The molecule has 2 aromatic rings. The zero-order chi connectivity index (χ0) is 13.8. The van der Waals surface area contributed by atoms with Crippen molar-refractivity contribution in [2.75, 3.05) is 18.2 Å². The molecule has 1 heterocycles. The lowest BCUT2D eigenvalue weighted by Gasteiger charge is -2.01. The summed E-state index contributed by atoms with van der Waals surface area (Å²) in [5.74, 6) is 0.619. The number of benzene rings is 1. The highest BCUT2D eigenvalue weighted by molar-refractivity contribution is 7.22. The van der Waals surface area contributed by atoms with E-state index >= 15 is 0 Å². The van der Waals surface area contributed by atoms with E-state index in [1.165, 1.54) is 11.3 Å². The molecule has 0 aliphatic rings. The molecule has 0 spiro atoms. The van der Waals surface area contributed by atoms with Gasteiger partial charge in [0.25, 0.3) is 0 Å².